The van der Waals surface area contributed by atoms with E-state index >= 15 is 0 Å². The Morgan fingerprint density at radius 2 is 2.00 bits per heavy atom. The molecule has 0 aliphatic carbocycles. The van der Waals surface area contributed by atoms with Crippen molar-refractivity contribution in [2.45, 2.75) is 52.9 Å². The standard InChI is InChI=1S/C21H30O2/c1-5-7-8-10-17(3)20-15-13-19(14-16-20)12-9-11-18(4)21(22)23-6-2/h5,7,13-16,18H,3,6,8-12H2,1-2,4H3/b7-5-/t18-/m1/s1. The molecule has 1 aromatic rings. The zero-order valence-electron chi connectivity index (χ0n) is 14.8. The van der Waals surface area contributed by atoms with Gasteiger partial charge in [0, 0.05) is 0 Å². The minimum absolute atomic E-state index is 0.0133. The topological polar surface area (TPSA) is 26.3 Å². The summed E-state index contributed by atoms with van der Waals surface area (Å²) in [4.78, 5) is 11.6. The molecule has 1 rings (SSSR count). The maximum atomic E-state index is 11.6. The molecule has 23 heavy (non-hydrogen) atoms. The van der Waals surface area contributed by atoms with Gasteiger partial charge >= 0.3 is 5.97 Å². The molecule has 126 valence electrons. The van der Waals surface area contributed by atoms with E-state index in [1.54, 1.807) is 0 Å². The van der Waals surface area contributed by atoms with Crippen molar-refractivity contribution in [3.63, 3.8) is 0 Å². The number of carbonyl (C=O) groups is 1. The van der Waals surface area contributed by atoms with Crippen LogP contribution in [0.4, 0.5) is 0 Å². The van der Waals surface area contributed by atoms with Crippen molar-refractivity contribution < 1.29 is 9.53 Å². The summed E-state index contributed by atoms with van der Waals surface area (Å²) in [5.74, 6) is -0.0964. The Morgan fingerprint density at radius 3 is 2.61 bits per heavy atom. The number of aryl methyl sites for hydroxylation is 1. The van der Waals surface area contributed by atoms with Crippen LogP contribution in [0.1, 0.15) is 57.6 Å². The molecule has 0 aromatic heterocycles. The fraction of sp³-hybridized carbons (Fsp3) is 0.476. The van der Waals surface area contributed by atoms with Crippen molar-refractivity contribution in [2.24, 2.45) is 5.92 Å². The fourth-order valence-corrected chi connectivity index (χ4v) is 2.49. The third kappa shape index (κ3) is 7.32. The van der Waals surface area contributed by atoms with Crippen LogP contribution in [-0.4, -0.2) is 12.6 Å². The van der Waals surface area contributed by atoms with Gasteiger partial charge in [-0.05, 0) is 62.7 Å². The van der Waals surface area contributed by atoms with E-state index < -0.39 is 0 Å². The van der Waals surface area contributed by atoms with Crippen LogP contribution >= 0.6 is 0 Å². The van der Waals surface area contributed by atoms with Gasteiger partial charge in [0.05, 0.1) is 12.5 Å². The summed E-state index contributed by atoms with van der Waals surface area (Å²) >= 11 is 0. The van der Waals surface area contributed by atoms with E-state index in [2.05, 4.69) is 43.0 Å². The third-order valence-electron chi connectivity index (χ3n) is 4.00. The zero-order valence-corrected chi connectivity index (χ0v) is 14.8. The first-order valence-electron chi connectivity index (χ1n) is 8.63. The number of hydrogen-bond acceptors (Lipinski definition) is 2. The van der Waals surface area contributed by atoms with E-state index in [4.69, 9.17) is 4.74 Å². The lowest BCUT2D eigenvalue weighted by Crippen LogP contribution is -2.14. The normalized spacial score (nSPS) is 12.3. The van der Waals surface area contributed by atoms with Gasteiger partial charge in [-0.2, -0.15) is 0 Å². The summed E-state index contributed by atoms with van der Waals surface area (Å²) < 4.78 is 5.04. The number of ether oxygens (including phenoxy) is 1. The number of hydrogen-bond donors (Lipinski definition) is 0. The van der Waals surface area contributed by atoms with Gasteiger partial charge in [-0.15, -0.1) is 0 Å². The van der Waals surface area contributed by atoms with Crippen LogP contribution in [0.2, 0.25) is 0 Å². The highest BCUT2D eigenvalue weighted by Gasteiger charge is 2.13. The van der Waals surface area contributed by atoms with E-state index in [-0.39, 0.29) is 11.9 Å². The number of rotatable bonds is 10. The van der Waals surface area contributed by atoms with Crippen LogP contribution in [0.25, 0.3) is 5.57 Å². The molecule has 0 saturated heterocycles. The molecule has 2 nitrogen and oxygen atoms in total. The van der Waals surface area contributed by atoms with Gasteiger partial charge in [-0.1, -0.05) is 49.9 Å². The highest BCUT2D eigenvalue weighted by molar-refractivity contribution is 5.71. The third-order valence-corrected chi connectivity index (χ3v) is 4.00. The molecule has 0 heterocycles. The first kappa shape index (κ1) is 19.2. The van der Waals surface area contributed by atoms with Crippen LogP contribution in [0.5, 0.6) is 0 Å². The lowest BCUT2D eigenvalue weighted by atomic mass is 9.98. The fourth-order valence-electron chi connectivity index (χ4n) is 2.49. The van der Waals surface area contributed by atoms with Gasteiger partial charge in [-0.3, -0.25) is 4.79 Å². The minimum Gasteiger partial charge on any atom is -0.466 e. The van der Waals surface area contributed by atoms with E-state index in [1.165, 1.54) is 16.7 Å². The molecule has 0 fully saturated rings. The first-order chi connectivity index (χ1) is 11.1. The molecule has 1 aromatic carbocycles. The van der Waals surface area contributed by atoms with Crippen molar-refractivity contribution >= 4 is 11.5 Å². The number of esters is 1. The molecule has 0 aliphatic heterocycles. The average Bonchev–Trinajstić information content (AvgIpc) is 2.55. The first-order valence-corrected chi connectivity index (χ1v) is 8.63. The molecule has 0 N–H and O–H groups in total. The van der Waals surface area contributed by atoms with E-state index in [0.29, 0.717) is 6.61 Å². The summed E-state index contributed by atoms with van der Waals surface area (Å²) in [6.45, 7) is 10.5. The summed E-state index contributed by atoms with van der Waals surface area (Å²) in [7, 11) is 0. The Balaban J connectivity index is 2.39. The largest absolute Gasteiger partial charge is 0.466 e. The second-order valence-electron chi connectivity index (χ2n) is 5.95. The second kappa shape index (κ2) is 10.8. The van der Waals surface area contributed by atoms with Crippen LogP contribution in [0.3, 0.4) is 0 Å². The van der Waals surface area contributed by atoms with Gasteiger partial charge in [0.25, 0.3) is 0 Å². The highest BCUT2D eigenvalue weighted by atomic mass is 16.5. The summed E-state index contributed by atoms with van der Waals surface area (Å²) in [6, 6.07) is 8.65. The quantitative estimate of drug-likeness (QED) is 0.416. The maximum absolute atomic E-state index is 11.6. The smallest absolute Gasteiger partial charge is 0.308 e. The maximum Gasteiger partial charge on any atom is 0.308 e. The second-order valence-corrected chi connectivity index (χ2v) is 5.95. The molecule has 1 atom stereocenters. The van der Waals surface area contributed by atoms with Crippen molar-refractivity contribution in [1.82, 2.24) is 0 Å². The average molecular weight is 314 g/mol. The molecule has 0 radical (unpaired) electrons. The Bertz CT molecular complexity index is 511. The Kier molecular flexibility index (Phi) is 9.04. The number of carbonyl (C=O) groups excluding carboxylic acids is 1. The van der Waals surface area contributed by atoms with Gasteiger partial charge in [0.2, 0.25) is 0 Å². The molecular weight excluding hydrogens is 284 g/mol. The summed E-state index contributed by atoms with van der Waals surface area (Å²) in [6.07, 6.45) is 9.16. The minimum atomic E-state index is -0.0831. The summed E-state index contributed by atoms with van der Waals surface area (Å²) in [5, 5.41) is 0. The van der Waals surface area contributed by atoms with Crippen molar-refractivity contribution in [3.05, 3.63) is 54.1 Å². The predicted octanol–water partition coefficient (Wildman–Crippen LogP) is 5.58. The van der Waals surface area contributed by atoms with Gasteiger partial charge in [0.15, 0.2) is 0 Å². The monoisotopic (exact) mass is 314 g/mol. The van der Waals surface area contributed by atoms with Gasteiger partial charge < -0.3 is 4.74 Å². The van der Waals surface area contributed by atoms with Crippen LogP contribution in [0.15, 0.2) is 43.0 Å². The Morgan fingerprint density at radius 1 is 1.30 bits per heavy atom. The number of benzene rings is 1. The lowest BCUT2D eigenvalue weighted by molar-refractivity contribution is -0.147. The Hall–Kier alpha value is -1.83. The zero-order chi connectivity index (χ0) is 17.1. The molecule has 0 spiro atoms. The van der Waals surface area contributed by atoms with E-state index in [9.17, 15) is 4.79 Å². The molecule has 0 saturated carbocycles. The van der Waals surface area contributed by atoms with Crippen LogP contribution in [0, 0.1) is 5.92 Å². The molecule has 0 amide bonds. The van der Waals surface area contributed by atoms with Crippen LogP contribution < -0.4 is 0 Å². The van der Waals surface area contributed by atoms with Gasteiger partial charge in [0.1, 0.15) is 0 Å². The summed E-state index contributed by atoms with van der Waals surface area (Å²) in [5.41, 5.74) is 3.72. The lowest BCUT2D eigenvalue weighted by Gasteiger charge is -2.10. The molecular formula is C21H30O2. The molecule has 2 heteroatoms. The number of allylic oxidation sites excluding steroid dienone is 3. The van der Waals surface area contributed by atoms with Crippen LogP contribution in [-0.2, 0) is 16.0 Å². The molecule has 0 bridgehead atoms. The van der Waals surface area contributed by atoms with E-state index in [1.807, 2.05) is 20.8 Å². The van der Waals surface area contributed by atoms with Crippen molar-refractivity contribution in [3.8, 4) is 0 Å². The van der Waals surface area contributed by atoms with Gasteiger partial charge in [-0.25, -0.2) is 0 Å². The Labute approximate surface area is 141 Å². The highest BCUT2D eigenvalue weighted by Crippen LogP contribution is 2.20. The SMILES string of the molecule is C=C(CC/C=C\C)c1ccc(CCC[C@@H](C)C(=O)OCC)cc1. The van der Waals surface area contributed by atoms with E-state index in [0.717, 1.165) is 32.1 Å². The molecule has 0 aliphatic rings. The predicted molar refractivity (Wildman–Crippen MR) is 98.3 cm³/mol. The van der Waals surface area contributed by atoms with Crippen molar-refractivity contribution in [2.75, 3.05) is 6.61 Å². The van der Waals surface area contributed by atoms with Crippen molar-refractivity contribution in [1.29, 1.82) is 0 Å². The molecule has 0 unspecified atom stereocenters.